The summed E-state index contributed by atoms with van der Waals surface area (Å²) in [5.74, 6) is 2.04. The average molecular weight is 425 g/mol. The Bertz CT molecular complexity index is 1060. The van der Waals surface area contributed by atoms with Crippen LogP contribution >= 0.6 is 12.2 Å². The molecule has 156 valence electrons. The van der Waals surface area contributed by atoms with E-state index in [9.17, 15) is 4.79 Å². The SMILES string of the molecule is C=CCOc1ccc(CN(C)C(=O)Cn2c(-c3ccc(OC)cc3)n[nH]c2=S)cc1. The Kier molecular flexibility index (Phi) is 7.03. The lowest BCUT2D eigenvalue weighted by molar-refractivity contribution is -0.131. The van der Waals surface area contributed by atoms with Gasteiger partial charge in [0.25, 0.3) is 0 Å². The number of benzene rings is 2. The van der Waals surface area contributed by atoms with Gasteiger partial charge in [-0.2, -0.15) is 5.10 Å². The summed E-state index contributed by atoms with van der Waals surface area (Å²) in [7, 11) is 3.38. The minimum Gasteiger partial charge on any atom is -0.497 e. The van der Waals surface area contributed by atoms with Crippen molar-refractivity contribution >= 4 is 18.1 Å². The van der Waals surface area contributed by atoms with Crippen molar-refractivity contribution in [2.45, 2.75) is 13.1 Å². The van der Waals surface area contributed by atoms with E-state index in [2.05, 4.69) is 16.8 Å². The summed E-state index contributed by atoms with van der Waals surface area (Å²) in [6.45, 7) is 4.66. The molecule has 0 atom stereocenters. The third-order valence-electron chi connectivity index (χ3n) is 4.54. The van der Waals surface area contributed by atoms with Gasteiger partial charge < -0.3 is 14.4 Å². The van der Waals surface area contributed by atoms with Crippen molar-refractivity contribution in [3.05, 3.63) is 71.5 Å². The van der Waals surface area contributed by atoms with Crippen LogP contribution in [0.4, 0.5) is 0 Å². The van der Waals surface area contributed by atoms with Gasteiger partial charge in [-0.1, -0.05) is 24.8 Å². The van der Waals surface area contributed by atoms with Crippen LogP contribution in [0.3, 0.4) is 0 Å². The average Bonchev–Trinajstić information content (AvgIpc) is 3.13. The summed E-state index contributed by atoms with van der Waals surface area (Å²) in [5, 5.41) is 7.06. The van der Waals surface area contributed by atoms with Crippen molar-refractivity contribution in [2.75, 3.05) is 20.8 Å². The van der Waals surface area contributed by atoms with Gasteiger partial charge in [-0.05, 0) is 54.2 Å². The summed E-state index contributed by atoms with van der Waals surface area (Å²) in [6, 6.07) is 15.1. The van der Waals surface area contributed by atoms with Crippen molar-refractivity contribution in [1.82, 2.24) is 19.7 Å². The highest BCUT2D eigenvalue weighted by Gasteiger charge is 2.16. The van der Waals surface area contributed by atoms with Gasteiger partial charge in [-0.3, -0.25) is 14.5 Å². The molecule has 7 nitrogen and oxygen atoms in total. The molecule has 30 heavy (non-hydrogen) atoms. The lowest BCUT2D eigenvalue weighted by Crippen LogP contribution is -2.30. The first-order chi connectivity index (χ1) is 14.5. The lowest BCUT2D eigenvalue weighted by Gasteiger charge is -2.18. The number of hydrogen-bond acceptors (Lipinski definition) is 5. The molecule has 1 heterocycles. The van der Waals surface area contributed by atoms with Crippen LogP contribution in [-0.4, -0.2) is 46.3 Å². The molecule has 0 fully saturated rings. The number of rotatable bonds is 9. The van der Waals surface area contributed by atoms with Crippen LogP contribution in [0, 0.1) is 4.77 Å². The standard InChI is InChI=1S/C22H24N4O3S/c1-4-13-29-19-9-5-16(6-10-19)14-25(2)20(27)15-26-21(23-24-22(26)30)17-7-11-18(28-3)12-8-17/h4-12H,1,13-15H2,2-3H3,(H,24,30). The fourth-order valence-electron chi connectivity index (χ4n) is 2.89. The van der Waals surface area contributed by atoms with Crippen LogP contribution in [0.2, 0.25) is 0 Å². The van der Waals surface area contributed by atoms with Crippen LogP contribution in [0.5, 0.6) is 11.5 Å². The maximum Gasteiger partial charge on any atom is 0.242 e. The number of methoxy groups -OCH3 is 1. The molecule has 8 heteroatoms. The predicted molar refractivity (Wildman–Crippen MR) is 118 cm³/mol. The Morgan fingerprint density at radius 3 is 2.50 bits per heavy atom. The van der Waals surface area contributed by atoms with Gasteiger partial charge >= 0.3 is 0 Å². The second-order valence-electron chi connectivity index (χ2n) is 6.66. The van der Waals surface area contributed by atoms with E-state index in [0.29, 0.717) is 23.7 Å². The third kappa shape index (κ3) is 5.15. The molecule has 0 aliphatic heterocycles. The second-order valence-corrected chi connectivity index (χ2v) is 7.05. The Balaban J connectivity index is 1.68. The van der Waals surface area contributed by atoms with Gasteiger partial charge in [-0.15, -0.1) is 0 Å². The van der Waals surface area contributed by atoms with E-state index in [4.69, 9.17) is 21.7 Å². The first kappa shape index (κ1) is 21.3. The van der Waals surface area contributed by atoms with Gasteiger partial charge in [-0.25, -0.2) is 0 Å². The van der Waals surface area contributed by atoms with E-state index in [1.165, 1.54) is 0 Å². The van der Waals surface area contributed by atoms with Crippen molar-refractivity contribution in [3.63, 3.8) is 0 Å². The van der Waals surface area contributed by atoms with E-state index in [-0.39, 0.29) is 12.5 Å². The summed E-state index contributed by atoms with van der Waals surface area (Å²) in [5.41, 5.74) is 1.84. The number of nitrogens with zero attached hydrogens (tertiary/aromatic N) is 3. The number of H-pyrrole nitrogens is 1. The summed E-state index contributed by atoms with van der Waals surface area (Å²) >= 11 is 5.33. The molecule has 1 aromatic heterocycles. The monoisotopic (exact) mass is 424 g/mol. The third-order valence-corrected chi connectivity index (χ3v) is 4.85. The smallest absolute Gasteiger partial charge is 0.242 e. The molecule has 0 saturated heterocycles. The maximum atomic E-state index is 12.8. The quantitative estimate of drug-likeness (QED) is 0.417. The highest BCUT2D eigenvalue weighted by atomic mass is 32.1. The fourth-order valence-corrected chi connectivity index (χ4v) is 3.09. The van der Waals surface area contributed by atoms with Crippen molar-refractivity contribution in [1.29, 1.82) is 0 Å². The lowest BCUT2D eigenvalue weighted by atomic mass is 10.2. The molecule has 0 radical (unpaired) electrons. The molecule has 0 bridgehead atoms. The number of likely N-dealkylation sites (N-methyl/N-ethyl adjacent to an activating group) is 1. The number of aromatic nitrogens is 3. The number of nitrogens with one attached hydrogen (secondary N) is 1. The Labute approximate surface area is 180 Å². The Morgan fingerprint density at radius 2 is 1.87 bits per heavy atom. The molecule has 3 rings (SSSR count). The highest BCUT2D eigenvalue weighted by molar-refractivity contribution is 7.71. The van der Waals surface area contributed by atoms with E-state index in [0.717, 1.165) is 22.6 Å². The molecule has 0 saturated carbocycles. The summed E-state index contributed by atoms with van der Waals surface area (Å²) in [4.78, 5) is 14.5. The maximum absolute atomic E-state index is 12.8. The number of carbonyl (C=O) groups is 1. The first-order valence-electron chi connectivity index (χ1n) is 9.38. The van der Waals surface area contributed by atoms with Crippen LogP contribution in [0.1, 0.15) is 5.56 Å². The zero-order valence-electron chi connectivity index (χ0n) is 17.0. The second kappa shape index (κ2) is 9.89. The topological polar surface area (TPSA) is 72.4 Å². The van der Waals surface area contributed by atoms with Crippen LogP contribution in [0.15, 0.2) is 61.2 Å². The Hall–Kier alpha value is -3.39. The molecule has 0 unspecified atom stereocenters. The normalized spacial score (nSPS) is 10.5. The number of amides is 1. The molecular weight excluding hydrogens is 400 g/mol. The molecule has 2 aromatic carbocycles. The molecule has 3 aromatic rings. The zero-order chi connectivity index (χ0) is 21.5. The molecular formula is C22H24N4O3S. The van der Waals surface area contributed by atoms with Crippen molar-refractivity contribution in [3.8, 4) is 22.9 Å². The number of ether oxygens (including phenoxy) is 2. The molecule has 0 spiro atoms. The van der Waals surface area contributed by atoms with Crippen molar-refractivity contribution in [2.24, 2.45) is 0 Å². The van der Waals surface area contributed by atoms with E-state index < -0.39 is 0 Å². The van der Waals surface area contributed by atoms with E-state index in [1.54, 1.807) is 29.7 Å². The minimum atomic E-state index is -0.0748. The molecule has 0 aliphatic rings. The fraction of sp³-hybridized carbons (Fsp3) is 0.227. The van der Waals surface area contributed by atoms with E-state index in [1.807, 2.05) is 48.5 Å². The molecule has 1 amide bonds. The first-order valence-corrected chi connectivity index (χ1v) is 9.79. The van der Waals surface area contributed by atoms with Crippen LogP contribution < -0.4 is 9.47 Å². The number of carbonyl (C=O) groups excluding carboxylic acids is 1. The van der Waals surface area contributed by atoms with Gasteiger partial charge in [0.1, 0.15) is 24.7 Å². The van der Waals surface area contributed by atoms with Crippen LogP contribution in [0.25, 0.3) is 11.4 Å². The van der Waals surface area contributed by atoms with Gasteiger partial charge in [0.05, 0.1) is 7.11 Å². The predicted octanol–water partition coefficient (Wildman–Crippen LogP) is 3.84. The largest absolute Gasteiger partial charge is 0.497 e. The summed E-state index contributed by atoms with van der Waals surface area (Å²) in [6.07, 6.45) is 1.70. The molecule has 1 N–H and O–H groups in total. The summed E-state index contributed by atoms with van der Waals surface area (Å²) < 4.78 is 12.8. The minimum absolute atomic E-state index is 0.0748. The van der Waals surface area contributed by atoms with Gasteiger partial charge in [0.15, 0.2) is 10.6 Å². The van der Waals surface area contributed by atoms with Gasteiger partial charge in [0.2, 0.25) is 5.91 Å². The molecule has 0 aliphatic carbocycles. The van der Waals surface area contributed by atoms with Crippen molar-refractivity contribution < 1.29 is 14.3 Å². The number of hydrogen-bond donors (Lipinski definition) is 1. The number of aromatic amines is 1. The van der Waals surface area contributed by atoms with Gasteiger partial charge in [0, 0.05) is 19.2 Å². The van der Waals surface area contributed by atoms with Crippen LogP contribution in [-0.2, 0) is 17.9 Å². The van der Waals surface area contributed by atoms with E-state index >= 15 is 0 Å². The Morgan fingerprint density at radius 1 is 1.20 bits per heavy atom. The highest BCUT2D eigenvalue weighted by Crippen LogP contribution is 2.21. The zero-order valence-corrected chi connectivity index (χ0v) is 17.8.